The number of aromatic carboxylic acids is 1. The van der Waals surface area contributed by atoms with Crippen molar-refractivity contribution in [3.63, 3.8) is 0 Å². The fraction of sp³-hybridized carbons (Fsp3) is 0.0833. The molecule has 0 saturated heterocycles. The normalized spacial score (nSPS) is 11.2. The molecule has 1 aromatic heterocycles. The lowest BCUT2D eigenvalue weighted by Gasteiger charge is -2.09. The second kappa shape index (κ2) is 5.85. The second-order valence-electron chi connectivity index (χ2n) is 4.10. The maximum absolute atomic E-state index is 12.2. The lowest BCUT2D eigenvalue weighted by molar-refractivity contribution is 0.0692. The van der Waals surface area contributed by atoms with E-state index in [2.05, 4.69) is 14.9 Å². The molecule has 2 rings (SSSR count). The van der Waals surface area contributed by atoms with Crippen molar-refractivity contribution in [1.29, 1.82) is 0 Å². The van der Waals surface area contributed by atoms with Gasteiger partial charge < -0.3 is 10.8 Å². The molecule has 2 aromatic rings. The van der Waals surface area contributed by atoms with E-state index in [1.54, 1.807) is 12.1 Å². The minimum Gasteiger partial charge on any atom is -0.478 e. The summed E-state index contributed by atoms with van der Waals surface area (Å²) in [5, 5.41) is 16.4. The Hall–Kier alpha value is -2.52. The lowest BCUT2D eigenvalue weighted by atomic mass is 10.2. The van der Waals surface area contributed by atoms with E-state index < -0.39 is 16.0 Å². The van der Waals surface area contributed by atoms with Crippen molar-refractivity contribution in [2.75, 3.05) is 5.73 Å². The summed E-state index contributed by atoms with van der Waals surface area (Å²) in [6.45, 7) is -0.107. The van der Waals surface area contributed by atoms with Crippen LogP contribution in [0, 0.1) is 0 Å². The number of sulfonamides is 1. The number of nitrogen functional groups attached to an aromatic ring is 1. The molecule has 0 atom stereocenters. The lowest BCUT2D eigenvalue weighted by Crippen LogP contribution is -2.25. The number of nitrogens with one attached hydrogen (secondary N) is 1. The first-order valence-corrected chi connectivity index (χ1v) is 7.27. The third-order valence-electron chi connectivity index (χ3n) is 2.60. The summed E-state index contributed by atoms with van der Waals surface area (Å²) in [6, 6.07) is 6.77. The molecule has 0 aliphatic heterocycles. The molecule has 0 fully saturated rings. The highest BCUT2D eigenvalue weighted by Crippen LogP contribution is 2.19. The summed E-state index contributed by atoms with van der Waals surface area (Å²) in [6.07, 6.45) is 1.46. The number of carbonyl (C=O) groups is 1. The zero-order valence-electron chi connectivity index (χ0n) is 10.7. The Morgan fingerprint density at radius 3 is 2.71 bits per heavy atom. The Labute approximate surface area is 120 Å². The summed E-state index contributed by atoms with van der Waals surface area (Å²) >= 11 is 0. The first kappa shape index (κ1) is 14.9. The quantitative estimate of drug-likeness (QED) is 0.673. The van der Waals surface area contributed by atoms with Crippen LogP contribution in [0.3, 0.4) is 0 Å². The number of hydrogen-bond acceptors (Lipinski definition) is 6. The molecule has 110 valence electrons. The Morgan fingerprint density at radius 1 is 1.33 bits per heavy atom. The molecule has 0 radical (unpaired) electrons. The van der Waals surface area contributed by atoms with E-state index in [4.69, 9.17) is 10.8 Å². The molecule has 0 bridgehead atoms. The number of nitrogens with zero attached hydrogens (tertiary/aromatic N) is 2. The largest absolute Gasteiger partial charge is 0.478 e. The Kier molecular flexibility index (Phi) is 4.15. The maximum atomic E-state index is 12.2. The van der Waals surface area contributed by atoms with Gasteiger partial charge in [0.25, 0.3) is 0 Å². The van der Waals surface area contributed by atoms with E-state index in [-0.39, 0.29) is 22.7 Å². The van der Waals surface area contributed by atoms with Crippen molar-refractivity contribution in [1.82, 2.24) is 14.9 Å². The van der Waals surface area contributed by atoms with Crippen LogP contribution in [-0.2, 0) is 16.6 Å². The van der Waals surface area contributed by atoms with Crippen LogP contribution >= 0.6 is 0 Å². The van der Waals surface area contributed by atoms with Crippen LogP contribution in [-0.4, -0.2) is 29.7 Å². The first-order chi connectivity index (χ1) is 9.90. The zero-order chi connectivity index (χ0) is 15.5. The first-order valence-electron chi connectivity index (χ1n) is 5.79. The topological polar surface area (TPSA) is 135 Å². The van der Waals surface area contributed by atoms with Crippen molar-refractivity contribution in [2.45, 2.75) is 11.4 Å². The van der Waals surface area contributed by atoms with Crippen LogP contribution in [0.4, 0.5) is 5.69 Å². The van der Waals surface area contributed by atoms with E-state index >= 15 is 0 Å². The maximum Gasteiger partial charge on any atom is 0.337 e. The van der Waals surface area contributed by atoms with Crippen molar-refractivity contribution in [2.24, 2.45) is 0 Å². The monoisotopic (exact) mass is 308 g/mol. The molecule has 0 aliphatic carbocycles. The molecule has 21 heavy (non-hydrogen) atoms. The van der Waals surface area contributed by atoms with Crippen molar-refractivity contribution >= 4 is 21.7 Å². The zero-order valence-corrected chi connectivity index (χ0v) is 11.5. The van der Waals surface area contributed by atoms with Crippen LogP contribution in [0.1, 0.15) is 16.1 Å². The van der Waals surface area contributed by atoms with E-state index in [9.17, 15) is 13.2 Å². The van der Waals surface area contributed by atoms with Gasteiger partial charge in [-0.05, 0) is 30.3 Å². The SMILES string of the molecule is Nc1ccc(C(=O)O)c(S(=O)(=O)NCc2cccnn2)c1. The van der Waals surface area contributed by atoms with Gasteiger partial charge in [0.2, 0.25) is 10.0 Å². The molecule has 0 unspecified atom stereocenters. The fourth-order valence-electron chi connectivity index (χ4n) is 1.61. The van der Waals surface area contributed by atoms with Gasteiger partial charge >= 0.3 is 5.97 Å². The Morgan fingerprint density at radius 2 is 2.10 bits per heavy atom. The minimum atomic E-state index is -4.04. The molecule has 1 heterocycles. The van der Waals surface area contributed by atoms with Crippen molar-refractivity contribution in [3.05, 3.63) is 47.8 Å². The number of carboxylic acid groups (broad SMARTS) is 1. The predicted octanol–water partition coefficient (Wildman–Crippen LogP) is 0.235. The summed E-state index contributed by atoms with van der Waals surface area (Å²) in [5.41, 5.74) is 5.73. The molecule has 0 saturated carbocycles. The third-order valence-corrected chi connectivity index (χ3v) is 4.04. The molecule has 8 nitrogen and oxygen atoms in total. The van der Waals surface area contributed by atoms with Crippen LogP contribution in [0.5, 0.6) is 0 Å². The van der Waals surface area contributed by atoms with Gasteiger partial charge in [-0.25, -0.2) is 17.9 Å². The summed E-state index contributed by atoms with van der Waals surface area (Å²) in [7, 11) is -4.04. The average Bonchev–Trinajstić information content (AvgIpc) is 2.46. The molecule has 9 heteroatoms. The molecular formula is C12H12N4O4S. The third kappa shape index (κ3) is 3.52. The highest BCUT2D eigenvalue weighted by atomic mass is 32.2. The van der Waals surface area contributed by atoms with E-state index in [0.29, 0.717) is 5.69 Å². The smallest absolute Gasteiger partial charge is 0.337 e. The van der Waals surface area contributed by atoms with Gasteiger partial charge in [0.15, 0.2) is 0 Å². The number of nitrogens with two attached hydrogens (primary N) is 1. The molecule has 0 spiro atoms. The molecule has 0 amide bonds. The summed E-state index contributed by atoms with van der Waals surface area (Å²) in [5.74, 6) is -1.35. The van der Waals surface area contributed by atoms with E-state index in [1.165, 1.54) is 12.3 Å². The van der Waals surface area contributed by atoms with Crippen molar-refractivity contribution in [3.8, 4) is 0 Å². The van der Waals surface area contributed by atoms with Crippen LogP contribution < -0.4 is 10.5 Å². The van der Waals surface area contributed by atoms with Gasteiger partial charge in [0, 0.05) is 11.9 Å². The predicted molar refractivity (Wildman–Crippen MR) is 73.9 cm³/mol. The Bertz CT molecular complexity index is 762. The van der Waals surface area contributed by atoms with Gasteiger partial charge in [-0.15, -0.1) is 0 Å². The number of aromatic nitrogens is 2. The van der Waals surface area contributed by atoms with Gasteiger partial charge in [0.05, 0.1) is 22.7 Å². The number of rotatable bonds is 5. The Balaban J connectivity index is 2.31. The summed E-state index contributed by atoms with van der Waals surface area (Å²) < 4.78 is 26.7. The second-order valence-corrected chi connectivity index (χ2v) is 5.84. The molecular weight excluding hydrogens is 296 g/mol. The highest BCUT2D eigenvalue weighted by molar-refractivity contribution is 7.89. The number of benzene rings is 1. The van der Waals surface area contributed by atoms with E-state index in [0.717, 1.165) is 12.1 Å². The number of carboxylic acids is 1. The standard InChI is InChI=1S/C12H12N4O4S/c13-8-3-4-10(12(17)18)11(6-8)21(19,20)15-7-9-2-1-5-14-16-9/h1-6,15H,7,13H2,(H,17,18). The molecule has 1 aromatic carbocycles. The van der Waals surface area contributed by atoms with Crippen LogP contribution in [0.2, 0.25) is 0 Å². The van der Waals surface area contributed by atoms with E-state index in [1.807, 2.05) is 0 Å². The van der Waals surface area contributed by atoms with Gasteiger partial charge in [-0.3, -0.25) is 0 Å². The molecule has 4 N–H and O–H groups in total. The average molecular weight is 308 g/mol. The number of hydrogen-bond donors (Lipinski definition) is 3. The van der Waals surface area contributed by atoms with Crippen LogP contribution in [0.15, 0.2) is 41.4 Å². The number of anilines is 1. The van der Waals surface area contributed by atoms with Crippen LogP contribution in [0.25, 0.3) is 0 Å². The highest BCUT2D eigenvalue weighted by Gasteiger charge is 2.22. The van der Waals surface area contributed by atoms with Gasteiger partial charge in [0.1, 0.15) is 0 Å². The molecule has 0 aliphatic rings. The minimum absolute atomic E-state index is 0.107. The van der Waals surface area contributed by atoms with Gasteiger partial charge in [-0.1, -0.05) is 0 Å². The van der Waals surface area contributed by atoms with Gasteiger partial charge in [-0.2, -0.15) is 10.2 Å². The fourth-order valence-corrected chi connectivity index (χ4v) is 2.84. The van der Waals surface area contributed by atoms with Crippen molar-refractivity contribution < 1.29 is 18.3 Å². The summed E-state index contributed by atoms with van der Waals surface area (Å²) in [4.78, 5) is 10.7.